The fourth-order valence-electron chi connectivity index (χ4n) is 9.06. The van der Waals surface area contributed by atoms with Crippen LogP contribution in [-0.2, 0) is 4.79 Å². The number of piperazine rings is 1. The quantitative estimate of drug-likeness (QED) is 0.242. The van der Waals surface area contributed by atoms with Gasteiger partial charge < -0.3 is 25.0 Å². The number of imide groups is 1. The van der Waals surface area contributed by atoms with Crippen molar-refractivity contribution in [1.29, 1.82) is 5.26 Å². The van der Waals surface area contributed by atoms with Gasteiger partial charge in [-0.05, 0) is 67.4 Å². The van der Waals surface area contributed by atoms with Gasteiger partial charge in [-0.25, -0.2) is 0 Å². The Morgan fingerprint density at radius 2 is 1.57 bits per heavy atom. The van der Waals surface area contributed by atoms with Gasteiger partial charge in [0.05, 0.1) is 21.7 Å². The number of fused-ring (bicyclic) bond motifs is 1. The van der Waals surface area contributed by atoms with Crippen LogP contribution in [0, 0.1) is 22.2 Å². The van der Waals surface area contributed by atoms with Gasteiger partial charge in [0.25, 0.3) is 17.7 Å². The van der Waals surface area contributed by atoms with Crippen molar-refractivity contribution < 1.29 is 41.8 Å². The van der Waals surface area contributed by atoms with E-state index in [0.29, 0.717) is 40.8 Å². The predicted octanol–water partition coefficient (Wildman–Crippen LogP) is 5.83. The van der Waals surface area contributed by atoms with E-state index in [0.717, 1.165) is 36.8 Å². The zero-order chi connectivity index (χ0) is 41.7. The molecule has 3 aromatic carbocycles. The van der Waals surface area contributed by atoms with Crippen LogP contribution in [0.1, 0.15) is 77.2 Å². The maximum atomic E-state index is 13.4. The molecule has 2 saturated heterocycles. The number of halogens is 4. The number of benzene rings is 3. The lowest BCUT2D eigenvalue weighted by Gasteiger charge is -2.63. The maximum absolute atomic E-state index is 13.4. The average Bonchev–Trinajstić information content (AvgIpc) is 3.43. The van der Waals surface area contributed by atoms with Gasteiger partial charge in [-0.1, -0.05) is 39.3 Å². The highest BCUT2D eigenvalue weighted by atomic mass is 35.5. The van der Waals surface area contributed by atoms with E-state index in [9.17, 15) is 37.6 Å². The number of piperidine rings is 1. The molecule has 3 heterocycles. The molecule has 0 radical (unpaired) electrons. The normalized spacial score (nSPS) is 24.0. The molecule has 4 amide bonds. The SMILES string of the molecule is CC1(C)C(NC(=O)c2ccc(N3CCN(CCOc4ccc5c(c4)C(=O)N([C@@H]4CC[C@H](C(F)(F)F)NC4=O)C5=O)CC3)cc2)C(C)(C)C1Oc1ccc(C#N)c(Cl)c1. The Labute approximate surface area is 339 Å². The number of carbonyl (C=O) groups excluding carboxylic acids is 4. The first-order valence-electron chi connectivity index (χ1n) is 19.2. The smallest absolute Gasteiger partial charge is 0.408 e. The molecule has 0 bridgehead atoms. The zero-order valence-electron chi connectivity index (χ0n) is 32.5. The number of nitriles is 1. The monoisotopic (exact) mass is 820 g/mol. The largest absolute Gasteiger partial charge is 0.492 e. The highest BCUT2D eigenvalue weighted by Crippen LogP contribution is 2.55. The molecular weight excluding hydrogens is 777 g/mol. The molecule has 4 aliphatic rings. The van der Waals surface area contributed by atoms with Crippen molar-refractivity contribution in [3.8, 4) is 17.6 Å². The summed E-state index contributed by atoms with van der Waals surface area (Å²) in [5, 5.41) is 14.6. The predicted molar refractivity (Wildman–Crippen MR) is 208 cm³/mol. The van der Waals surface area contributed by atoms with Gasteiger partial charge in [0, 0.05) is 66.9 Å². The van der Waals surface area contributed by atoms with E-state index < -0.39 is 42.4 Å². The van der Waals surface area contributed by atoms with Crippen LogP contribution < -0.4 is 25.0 Å². The van der Waals surface area contributed by atoms with Crippen molar-refractivity contribution in [1.82, 2.24) is 20.4 Å². The second kappa shape index (κ2) is 15.4. The second-order valence-electron chi connectivity index (χ2n) is 16.4. The lowest BCUT2D eigenvalue weighted by Crippen LogP contribution is -2.74. The topological polar surface area (TPSA) is 144 Å². The molecule has 0 spiro atoms. The molecule has 12 nitrogen and oxygen atoms in total. The number of rotatable bonds is 10. The van der Waals surface area contributed by atoms with Gasteiger partial charge in [-0.15, -0.1) is 0 Å². The third-order valence-corrected chi connectivity index (χ3v) is 12.2. The fraction of sp³-hybridized carbons (Fsp3) is 0.452. The Morgan fingerprint density at radius 3 is 2.19 bits per heavy atom. The first kappa shape index (κ1) is 40.9. The third-order valence-electron chi connectivity index (χ3n) is 11.9. The molecule has 2 atom stereocenters. The van der Waals surface area contributed by atoms with Crippen LogP contribution >= 0.6 is 11.6 Å². The Balaban J connectivity index is 0.863. The van der Waals surface area contributed by atoms with Gasteiger partial charge in [0.2, 0.25) is 5.91 Å². The van der Waals surface area contributed by atoms with Gasteiger partial charge in [-0.2, -0.15) is 18.4 Å². The molecule has 3 aromatic rings. The molecular formula is C42H44ClF3N6O6. The van der Waals surface area contributed by atoms with Gasteiger partial charge in [-0.3, -0.25) is 29.0 Å². The summed E-state index contributed by atoms with van der Waals surface area (Å²) < 4.78 is 51.6. The summed E-state index contributed by atoms with van der Waals surface area (Å²) in [6, 6.07) is 15.6. The van der Waals surface area contributed by atoms with Crippen molar-refractivity contribution in [2.75, 3.05) is 44.2 Å². The molecule has 7 rings (SSSR count). The number of hydrogen-bond donors (Lipinski definition) is 2. The second-order valence-corrected chi connectivity index (χ2v) is 16.8. The summed E-state index contributed by atoms with van der Waals surface area (Å²) in [6.45, 7) is 12.2. The Bertz CT molecular complexity index is 2150. The molecule has 3 fully saturated rings. The average molecular weight is 821 g/mol. The van der Waals surface area contributed by atoms with Crippen LogP contribution in [-0.4, -0.2) is 103 Å². The molecule has 306 valence electrons. The standard InChI is InChI=1S/C42H44ClF3N6O6/c1-40(2)38(41(3,4)39(40)58-28-10-7-25(23-47)31(43)22-28)49-34(53)24-5-8-26(9-6-24)51-17-15-50(16-18-51)19-20-57-27-11-12-29-30(21-27)37(56)52(36(29)55)32-13-14-33(42(44,45)46)48-35(32)54/h5-12,21-22,32-33,38-39H,13-20H2,1-4H3,(H,48,54)(H,49,53)/t32-,33-,38?,39?/m1/s1. The number of ether oxygens (including phenoxy) is 2. The molecule has 1 saturated carbocycles. The summed E-state index contributed by atoms with van der Waals surface area (Å²) in [6.07, 6.45) is -5.54. The first-order chi connectivity index (χ1) is 27.4. The highest BCUT2D eigenvalue weighted by Gasteiger charge is 2.64. The van der Waals surface area contributed by atoms with Crippen molar-refractivity contribution >= 4 is 40.9 Å². The van der Waals surface area contributed by atoms with Crippen LogP contribution in [0.4, 0.5) is 18.9 Å². The molecule has 3 aliphatic heterocycles. The molecule has 58 heavy (non-hydrogen) atoms. The van der Waals surface area contributed by atoms with Crippen molar-refractivity contribution in [3.05, 3.63) is 87.9 Å². The molecule has 0 aromatic heterocycles. The Hall–Kier alpha value is -5.33. The van der Waals surface area contributed by atoms with E-state index >= 15 is 0 Å². The summed E-state index contributed by atoms with van der Waals surface area (Å²) in [5.41, 5.74) is 1.28. The van der Waals surface area contributed by atoms with Crippen LogP contribution in [0.2, 0.25) is 5.02 Å². The van der Waals surface area contributed by atoms with Gasteiger partial charge in [0.1, 0.15) is 42.4 Å². The molecule has 16 heteroatoms. The van der Waals surface area contributed by atoms with Crippen molar-refractivity contribution in [2.24, 2.45) is 10.8 Å². The fourth-order valence-corrected chi connectivity index (χ4v) is 9.27. The lowest BCUT2D eigenvalue weighted by molar-refractivity contribution is -0.169. The van der Waals surface area contributed by atoms with Crippen molar-refractivity contribution in [3.63, 3.8) is 0 Å². The van der Waals surface area contributed by atoms with E-state index in [1.807, 2.05) is 29.6 Å². The number of nitrogens with zero attached hydrogens (tertiary/aromatic N) is 4. The number of amides is 4. The number of hydrogen-bond acceptors (Lipinski definition) is 9. The first-order valence-corrected chi connectivity index (χ1v) is 19.5. The maximum Gasteiger partial charge on any atom is 0.408 e. The number of carbonyl (C=O) groups is 4. The summed E-state index contributed by atoms with van der Waals surface area (Å²) in [4.78, 5) is 57.4. The van der Waals surface area contributed by atoms with Crippen LogP contribution in [0.25, 0.3) is 0 Å². The lowest BCUT2D eigenvalue weighted by atomic mass is 9.49. The van der Waals surface area contributed by atoms with E-state index in [4.69, 9.17) is 21.1 Å². The highest BCUT2D eigenvalue weighted by molar-refractivity contribution is 6.31. The van der Waals surface area contributed by atoms with Crippen LogP contribution in [0.15, 0.2) is 60.7 Å². The minimum Gasteiger partial charge on any atom is -0.492 e. The number of anilines is 1. The van der Waals surface area contributed by atoms with E-state index in [2.05, 4.69) is 48.9 Å². The molecule has 0 unspecified atom stereocenters. The Kier molecular flexibility index (Phi) is 10.9. The summed E-state index contributed by atoms with van der Waals surface area (Å²) >= 11 is 6.23. The van der Waals surface area contributed by atoms with E-state index in [1.54, 1.807) is 24.3 Å². The third kappa shape index (κ3) is 7.67. The van der Waals surface area contributed by atoms with Gasteiger partial charge >= 0.3 is 6.18 Å². The van der Waals surface area contributed by atoms with Crippen LogP contribution in [0.5, 0.6) is 11.5 Å². The van der Waals surface area contributed by atoms with E-state index in [-0.39, 0.29) is 46.4 Å². The van der Waals surface area contributed by atoms with E-state index in [1.165, 1.54) is 12.1 Å². The minimum atomic E-state index is -4.61. The van der Waals surface area contributed by atoms with Gasteiger partial charge in [0.15, 0.2) is 0 Å². The Morgan fingerprint density at radius 1 is 0.914 bits per heavy atom. The summed E-state index contributed by atoms with van der Waals surface area (Å²) in [7, 11) is 0. The van der Waals surface area contributed by atoms with Crippen molar-refractivity contribution in [2.45, 2.75) is 70.9 Å². The molecule has 1 aliphatic carbocycles. The summed E-state index contributed by atoms with van der Waals surface area (Å²) in [5.74, 6) is -1.70. The zero-order valence-corrected chi connectivity index (χ0v) is 33.2. The molecule has 2 N–H and O–H groups in total. The van der Waals surface area contributed by atoms with Crippen LogP contribution in [0.3, 0.4) is 0 Å². The number of nitrogens with one attached hydrogen (secondary N) is 2. The minimum absolute atomic E-state index is 0.0477. The number of alkyl halides is 3.